The summed E-state index contributed by atoms with van der Waals surface area (Å²) in [6.07, 6.45) is 20.3. The highest BCUT2D eigenvalue weighted by Gasteiger charge is 2.08. The zero-order valence-electron chi connectivity index (χ0n) is 15.0. The van der Waals surface area contributed by atoms with Crippen molar-refractivity contribution in [1.82, 2.24) is 0 Å². The van der Waals surface area contributed by atoms with Gasteiger partial charge in [-0.15, -0.1) is 0 Å². The molecule has 0 aliphatic carbocycles. The van der Waals surface area contributed by atoms with E-state index in [1.54, 1.807) is 0 Å². The van der Waals surface area contributed by atoms with Gasteiger partial charge in [0.2, 0.25) is 0 Å². The molecule has 0 aromatic rings. The van der Waals surface area contributed by atoms with E-state index in [1.807, 2.05) is 0 Å². The maximum Gasteiger partial charge on any atom is -0.0290 e. The Hall–Kier alpha value is -0.260. The highest BCUT2D eigenvalue weighted by Crippen LogP contribution is 2.22. The van der Waals surface area contributed by atoms with E-state index in [9.17, 15) is 0 Å². The predicted octanol–water partition coefficient (Wildman–Crippen LogP) is 7.54. The van der Waals surface area contributed by atoms with Crippen molar-refractivity contribution in [1.29, 1.82) is 0 Å². The molecule has 0 aromatic heterocycles. The molecule has 120 valence electrons. The molecule has 0 fully saturated rings. The third-order valence-electron chi connectivity index (χ3n) is 3.82. The van der Waals surface area contributed by atoms with Gasteiger partial charge in [0.05, 0.1) is 0 Å². The molecule has 0 atom stereocenters. The van der Waals surface area contributed by atoms with E-state index < -0.39 is 0 Å². The van der Waals surface area contributed by atoms with Crippen LogP contribution in [-0.2, 0) is 0 Å². The number of hydrogen-bond acceptors (Lipinski definition) is 0. The monoisotopic (exact) mass is 280 g/mol. The van der Waals surface area contributed by atoms with Crippen LogP contribution in [-0.4, -0.2) is 0 Å². The van der Waals surface area contributed by atoms with E-state index >= 15 is 0 Å². The summed E-state index contributed by atoms with van der Waals surface area (Å²) in [6.45, 7) is 11.5. The molecule has 0 radical (unpaired) electrons. The minimum absolute atomic E-state index is 0.532. The second-order valence-electron chi connectivity index (χ2n) is 7.95. The molecular weight excluding hydrogens is 240 g/mol. The molecule has 0 aliphatic heterocycles. The average Bonchev–Trinajstić information content (AvgIpc) is 2.33. The molecular formula is C20H40. The largest absolute Gasteiger partial charge is 0.0883 e. The SMILES string of the molecule is CC(C)/C=C/CCCCCCCCCCCC(C)(C)C. The van der Waals surface area contributed by atoms with E-state index in [0.29, 0.717) is 11.3 Å². The zero-order valence-corrected chi connectivity index (χ0v) is 15.0. The second kappa shape index (κ2) is 12.5. The van der Waals surface area contributed by atoms with Crippen molar-refractivity contribution in [2.75, 3.05) is 0 Å². The fourth-order valence-corrected chi connectivity index (χ4v) is 2.52. The van der Waals surface area contributed by atoms with Gasteiger partial charge in [0.1, 0.15) is 0 Å². The molecule has 0 N–H and O–H groups in total. The number of unbranched alkanes of at least 4 members (excludes halogenated alkanes) is 9. The second-order valence-corrected chi connectivity index (χ2v) is 7.95. The van der Waals surface area contributed by atoms with Crippen molar-refractivity contribution in [3.05, 3.63) is 12.2 Å². The number of rotatable bonds is 12. The quantitative estimate of drug-likeness (QED) is 0.256. The van der Waals surface area contributed by atoms with Crippen LogP contribution in [0.5, 0.6) is 0 Å². The molecule has 0 heterocycles. The summed E-state index contributed by atoms with van der Waals surface area (Å²) < 4.78 is 0. The molecule has 0 aromatic carbocycles. The van der Waals surface area contributed by atoms with Crippen molar-refractivity contribution in [2.45, 2.75) is 105 Å². The maximum absolute atomic E-state index is 2.36. The van der Waals surface area contributed by atoms with Crippen LogP contribution < -0.4 is 0 Å². The van der Waals surface area contributed by atoms with E-state index in [1.165, 1.54) is 70.6 Å². The van der Waals surface area contributed by atoms with Gasteiger partial charge in [-0.2, -0.15) is 0 Å². The topological polar surface area (TPSA) is 0 Å². The summed E-state index contributed by atoms with van der Waals surface area (Å²) in [6, 6.07) is 0. The lowest BCUT2D eigenvalue weighted by atomic mass is 9.89. The first-order valence-electron chi connectivity index (χ1n) is 9.08. The summed E-state index contributed by atoms with van der Waals surface area (Å²) in [7, 11) is 0. The van der Waals surface area contributed by atoms with E-state index in [2.05, 4.69) is 46.8 Å². The van der Waals surface area contributed by atoms with Crippen molar-refractivity contribution < 1.29 is 0 Å². The Kier molecular flexibility index (Phi) is 12.3. The van der Waals surface area contributed by atoms with Gasteiger partial charge in [0.25, 0.3) is 0 Å². The van der Waals surface area contributed by atoms with Crippen LogP contribution in [0.4, 0.5) is 0 Å². The highest BCUT2D eigenvalue weighted by molar-refractivity contribution is 4.83. The van der Waals surface area contributed by atoms with Crippen LogP contribution in [0.3, 0.4) is 0 Å². The Balaban J connectivity index is 3.10. The Labute approximate surface area is 129 Å². The third-order valence-corrected chi connectivity index (χ3v) is 3.82. The van der Waals surface area contributed by atoms with E-state index in [-0.39, 0.29) is 0 Å². The molecule has 0 amide bonds. The van der Waals surface area contributed by atoms with Gasteiger partial charge in [0, 0.05) is 0 Å². The number of allylic oxidation sites excluding steroid dienone is 2. The Morgan fingerprint density at radius 1 is 0.700 bits per heavy atom. The zero-order chi connectivity index (χ0) is 15.3. The van der Waals surface area contributed by atoms with Crippen LogP contribution in [0.15, 0.2) is 12.2 Å². The summed E-state index contributed by atoms with van der Waals surface area (Å²) in [5, 5.41) is 0. The molecule has 0 saturated carbocycles. The normalized spacial score (nSPS) is 12.7. The average molecular weight is 281 g/mol. The first kappa shape index (κ1) is 19.7. The van der Waals surface area contributed by atoms with Crippen molar-refractivity contribution in [2.24, 2.45) is 11.3 Å². The summed E-state index contributed by atoms with van der Waals surface area (Å²) in [5.74, 6) is 0.716. The van der Waals surface area contributed by atoms with Crippen LogP contribution in [0.25, 0.3) is 0 Å². The molecule has 0 nitrogen and oxygen atoms in total. The standard InChI is InChI=1S/C20H40/c1-19(2)17-15-13-11-9-7-6-8-10-12-14-16-18-20(3,4)5/h15,17,19H,6-14,16,18H2,1-5H3/b17-15+. The Bertz CT molecular complexity index is 217. The lowest BCUT2D eigenvalue weighted by Gasteiger charge is -2.17. The van der Waals surface area contributed by atoms with Crippen LogP contribution in [0.2, 0.25) is 0 Å². The van der Waals surface area contributed by atoms with Gasteiger partial charge in [-0.25, -0.2) is 0 Å². The van der Waals surface area contributed by atoms with Gasteiger partial charge >= 0.3 is 0 Å². The minimum atomic E-state index is 0.532. The number of hydrogen-bond donors (Lipinski definition) is 0. The van der Waals surface area contributed by atoms with Crippen molar-refractivity contribution in [3.8, 4) is 0 Å². The molecule has 0 spiro atoms. The van der Waals surface area contributed by atoms with Crippen molar-refractivity contribution in [3.63, 3.8) is 0 Å². The molecule has 0 bridgehead atoms. The van der Waals surface area contributed by atoms with Gasteiger partial charge in [-0.05, 0) is 30.6 Å². The molecule has 0 unspecified atom stereocenters. The first-order valence-corrected chi connectivity index (χ1v) is 9.08. The summed E-state index contributed by atoms with van der Waals surface area (Å²) >= 11 is 0. The molecule has 0 aliphatic rings. The van der Waals surface area contributed by atoms with Gasteiger partial charge in [-0.1, -0.05) is 98.1 Å². The van der Waals surface area contributed by atoms with E-state index in [0.717, 1.165) is 0 Å². The Morgan fingerprint density at radius 2 is 1.15 bits per heavy atom. The van der Waals surface area contributed by atoms with Gasteiger partial charge in [0.15, 0.2) is 0 Å². The smallest absolute Gasteiger partial charge is 0.0290 e. The lowest BCUT2D eigenvalue weighted by molar-refractivity contribution is 0.356. The first-order chi connectivity index (χ1) is 9.42. The highest BCUT2D eigenvalue weighted by atomic mass is 14.1. The Morgan fingerprint density at radius 3 is 1.60 bits per heavy atom. The molecule has 0 heteroatoms. The molecule has 20 heavy (non-hydrogen) atoms. The molecule has 0 saturated heterocycles. The van der Waals surface area contributed by atoms with Gasteiger partial charge in [-0.3, -0.25) is 0 Å². The van der Waals surface area contributed by atoms with Crippen LogP contribution in [0.1, 0.15) is 105 Å². The summed E-state index contributed by atoms with van der Waals surface area (Å²) in [4.78, 5) is 0. The van der Waals surface area contributed by atoms with E-state index in [4.69, 9.17) is 0 Å². The maximum atomic E-state index is 2.36. The fraction of sp³-hybridized carbons (Fsp3) is 0.900. The third kappa shape index (κ3) is 17.7. The van der Waals surface area contributed by atoms with Crippen LogP contribution in [0, 0.1) is 11.3 Å². The predicted molar refractivity (Wildman–Crippen MR) is 94.2 cm³/mol. The van der Waals surface area contributed by atoms with Crippen molar-refractivity contribution >= 4 is 0 Å². The minimum Gasteiger partial charge on any atom is -0.0883 e. The fourth-order valence-electron chi connectivity index (χ4n) is 2.52. The van der Waals surface area contributed by atoms with Gasteiger partial charge < -0.3 is 0 Å². The van der Waals surface area contributed by atoms with Crippen LogP contribution >= 0.6 is 0 Å². The lowest BCUT2D eigenvalue weighted by Crippen LogP contribution is -2.03. The molecule has 0 rings (SSSR count). The summed E-state index contributed by atoms with van der Waals surface area (Å²) in [5.41, 5.74) is 0.532.